The normalized spacial score (nSPS) is 23.9. The van der Waals surface area contributed by atoms with Crippen molar-refractivity contribution in [3.8, 4) is 0 Å². The Hall–Kier alpha value is -0.890. The monoisotopic (exact) mass is 288 g/mol. The minimum Gasteiger partial charge on any atom is -0.447 e. The summed E-state index contributed by atoms with van der Waals surface area (Å²) in [4.78, 5) is 0. The van der Waals surface area contributed by atoms with Crippen molar-refractivity contribution in [2.45, 2.75) is 31.1 Å². The van der Waals surface area contributed by atoms with Gasteiger partial charge in [0.1, 0.15) is 5.76 Å². The van der Waals surface area contributed by atoms with Crippen molar-refractivity contribution in [3.05, 3.63) is 17.9 Å². The summed E-state index contributed by atoms with van der Waals surface area (Å²) in [5.41, 5.74) is 0. The molecule has 1 aliphatic heterocycles. The molecule has 1 aliphatic rings. The third kappa shape index (κ3) is 3.56. The number of sulfonamides is 1. The van der Waals surface area contributed by atoms with Crippen molar-refractivity contribution in [2.75, 3.05) is 20.2 Å². The maximum absolute atomic E-state index is 12.0. The van der Waals surface area contributed by atoms with Crippen LogP contribution < -0.4 is 10.0 Å². The molecule has 19 heavy (non-hydrogen) atoms. The van der Waals surface area contributed by atoms with E-state index in [9.17, 15) is 8.42 Å². The molecule has 0 aromatic carbocycles. The summed E-state index contributed by atoms with van der Waals surface area (Å²) in [6, 6.07) is 3.13. The van der Waals surface area contributed by atoms with E-state index in [0.29, 0.717) is 25.5 Å². The molecule has 0 aliphatic carbocycles. The topological polar surface area (TPSA) is 80.6 Å². The molecule has 0 radical (unpaired) electrons. The fraction of sp³-hybridized carbons (Fsp3) is 0.667. The number of nitrogens with one attached hydrogen (secondary N) is 2. The van der Waals surface area contributed by atoms with Gasteiger partial charge in [0, 0.05) is 19.1 Å². The van der Waals surface area contributed by atoms with E-state index in [1.807, 2.05) is 6.92 Å². The minimum atomic E-state index is -3.57. The first-order valence-electron chi connectivity index (χ1n) is 6.37. The van der Waals surface area contributed by atoms with Gasteiger partial charge in [-0.2, -0.15) is 0 Å². The van der Waals surface area contributed by atoms with Crippen LogP contribution in [0, 0.1) is 5.92 Å². The number of hydrogen-bond donors (Lipinski definition) is 2. The zero-order valence-corrected chi connectivity index (χ0v) is 12.0. The Kier molecular flexibility index (Phi) is 4.62. The van der Waals surface area contributed by atoms with E-state index in [-0.39, 0.29) is 17.1 Å². The molecule has 2 N–H and O–H groups in total. The summed E-state index contributed by atoms with van der Waals surface area (Å²) >= 11 is 0. The molecule has 6 nitrogen and oxygen atoms in total. The standard InChI is InChI=1S/C12H20N2O4S/c1-9-10(5-6-17-9)7-14-19(15,16)12-4-3-11(18-12)8-13-2/h3-4,9-10,13-14H,5-8H2,1-2H3. The molecule has 2 heterocycles. The lowest BCUT2D eigenvalue weighted by Crippen LogP contribution is -2.31. The highest BCUT2D eigenvalue weighted by Gasteiger charge is 2.27. The van der Waals surface area contributed by atoms with Gasteiger partial charge < -0.3 is 14.5 Å². The van der Waals surface area contributed by atoms with Crippen molar-refractivity contribution >= 4 is 10.0 Å². The lowest BCUT2D eigenvalue weighted by molar-refractivity contribution is 0.107. The van der Waals surface area contributed by atoms with Crippen LogP contribution in [0.1, 0.15) is 19.1 Å². The molecular formula is C12H20N2O4S. The van der Waals surface area contributed by atoms with Crippen molar-refractivity contribution in [3.63, 3.8) is 0 Å². The third-order valence-electron chi connectivity index (χ3n) is 3.32. The molecule has 0 bridgehead atoms. The molecule has 1 fully saturated rings. The number of hydrogen-bond acceptors (Lipinski definition) is 5. The number of ether oxygens (including phenoxy) is 1. The predicted molar refractivity (Wildman–Crippen MR) is 70.2 cm³/mol. The van der Waals surface area contributed by atoms with Gasteiger partial charge in [-0.05, 0) is 32.5 Å². The van der Waals surface area contributed by atoms with Gasteiger partial charge in [0.05, 0.1) is 12.6 Å². The summed E-state index contributed by atoms with van der Waals surface area (Å²) in [5, 5.41) is 2.87. The molecule has 0 spiro atoms. The summed E-state index contributed by atoms with van der Waals surface area (Å²) in [6.07, 6.45) is 0.978. The zero-order chi connectivity index (χ0) is 13.9. The van der Waals surface area contributed by atoms with E-state index in [4.69, 9.17) is 9.15 Å². The summed E-state index contributed by atoms with van der Waals surface area (Å²) in [6.45, 7) is 3.54. The number of rotatable bonds is 6. The Bertz CT molecular complexity index is 512. The maximum Gasteiger partial charge on any atom is 0.273 e. The lowest BCUT2D eigenvalue weighted by Gasteiger charge is -2.14. The van der Waals surface area contributed by atoms with Crippen LogP contribution in [0.3, 0.4) is 0 Å². The van der Waals surface area contributed by atoms with Gasteiger partial charge in [0.2, 0.25) is 5.09 Å². The molecule has 1 saturated heterocycles. The van der Waals surface area contributed by atoms with Gasteiger partial charge in [-0.1, -0.05) is 0 Å². The van der Waals surface area contributed by atoms with Crippen LogP contribution in [0.2, 0.25) is 0 Å². The Morgan fingerprint density at radius 2 is 2.21 bits per heavy atom. The van der Waals surface area contributed by atoms with Crippen LogP contribution in [0.4, 0.5) is 0 Å². The SMILES string of the molecule is CNCc1ccc(S(=O)(=O)NCC2CCOC2C)o1. The van der Waals surface area contributed by atoms with E-state index >= 15 is 0 Å². The van der Waals surface area contributed by atoms with E-state index in [1.54, 1.807) is 13.1 Å². The Morgan fingerprint density at radius 3 is 2.84 bits per heavy atom. The molecule has 2 rings (SSSR count). The molecule has 2 unspecified atom stereocenters. The van der Waals surface area contributed by atoms with E-state index < -0.39 is 10.0 Å². The number of furan rings is 1. The molecule has 7 heteroatoms. The van der Waals surface area contributed by atoms with Crippen molar-refractivity contribution in [1.29, 1.82) is 0 Å². The molecular weight excluding hydrogens is 268 g/mol. The lowest BCUT2D eigenvalue weighted by atomic mass is 10.0. The minimum absolute atomic E-state index is 0.0377. The van der Waals surface area contributed by atoms with Gasteiger partial charge in [0.25, 0.3) is 10.0 Å². The van der Waals surface area contributed by atoms with Crippen LogP contribution in [-0.4, -0.2) is 34.7 Å². The molecule has 1 aromatic rings. The highest BCUT2D eigenvalue weighted by Crippen LogP contribution is 2.20. The molecule has 0 saturated carbocycles. The van der Waals surface area contributed by atoms with Crippen LogP contribution in [-0.2, 0) is 21.3 Å². The van der Waals surface area contributed by atoms with E-state index in [2.05, 4.69) is 10.0 Å². The first-order chi connectivity index (χ1) is 9.03. The second kappa shape index (κ2) is 6.04. The fourth-order valence-electron chi connectivity index (χ4n) is 2.10. The van der Waals surface area contributed by atoms with E-state index in [0.717, 1.165) is 6.42 Å². The highest BCUT2D eigenvalue weighted by molar-refractivity contribution is 7.89. The van der Waals surface area contributed by atoms with Gasteiger partial charge in [-0.3, -0.25) is 0 Å². The molecule has 0 amide bonds. The molecule has 2 atom stereocenters. The Labute approximate surface area is 113 Å². The van der Waals surface area contributed by atoms with Gasteiger partial charge >= 0.3 is 0 Å². The smallest absolute Gasteiger partial charge is 0.273 e. The molecule has 108 valence electrons. The zero-order valence-electron chi connectivity index (χ0n) is 11.2. The van der Waals surface area contributed by atoms with Gasteiger partial charge in [-0.25, -0.2) is 13.1 Å². The van der Waals surface area contributed by atoms with Crippen molar-refractivity contribution < 1.29 is 17.6 Å². The third-order valence-corrected chi connectivity index (χ3v) is 4.62. The van der Waals surface area contributed by atoms with Gasteiger partial charge in [-0.15, -0.1) is 0 Å². The molecule has 1 aromatic heterocycles. The van der Waals surface area contributed by atoms with Crippen LogP contribution in [0.25, 0.3) is 0 Å². The van der Waals surface area contributed by atoms with Crippen LogP contribution in [0.15, 0.2) is 21.6 Å². The summed E-state index contributed by atoms with van der Waals surface area (Å²) < 4.78 is 37.4. The quantitative estimate of drug-likeness (QED) is 0.805. The summed E-state index contributed by atoms with van der Waals surface area (Å²) in [7, 11) is -1.79. The first kappa shape index (κ1) is 14.5. The van der Waals surface area contributed by atoms with Crippen molar-refractivity contribution in [1.82, 2.24) is 10.0 Å². The highest BCUT2D eigenvalue weighted by atomic mass is 32.2. The van der Waals surface area contributed by atoms with Gasteiger partial charge in [0.15, 0.2) is 0 Å². The van der Waals surface area contributed by atoms with E-state index in [1.165, 1.54) is 6.07 Å². The second-order valence-electron chi connectivity index (χ2n) is 4.73. The maximum atomic E-state index is 12.0. The summed E-state index contributed by atoms with van der Waals surface area (Å²) in [5.74, 6) is 0.821. The average molecular weight is 288 g/mol. The van der Waals surface area contributed by atoms with Crippen LogP contribution in [0.5, 0.6) is 0 Å². The van der Waals surface area contributed by atoms with Crippen LogP contribution >= 0.6 is 0 Å². The Balaban J connectivity index is 1.97. The average Bonchev–Trinajstić information content (AvgIpc) is 2.97. The Morgan fingerprint density at radius 1 is 1.42 bits per heavy atom. The first-order valence-corrected chi connectivity index (χ1v) is 7.86. The largest absolute Gasteiger partial charge is 0.447 e. The predicted octanol–water partition coefficient (Wildman–Crippen LogP) is 0.702. The van der Waals surface area contributed by atoms with Crippen molar-refractivity contribution in [2.24, 2.45) is 5.92 Å². The fourth-order valence-corrected chi connectivity index (χ4v) is 3.14. The second-order valence-corrected chi connectivity index (χ2v) is 6.43.